The number of imidazole rings is 1. The summed E-state index contributed by atoms with van der Waals surface area (Å²) in [4.78, 5) is 29.8. The van der Waals surface area contributed by atoms with Crippen LogP contribution in [0.5, 0.6) is 0 Å². The van der Waals surface area contributed by atoms with Crippen LogP contribution in [-0.2, 0) is 4.74 Å². The number of hydrogen-bond donors (Lipinski definition) is 1. The Balaban J connectivity index is 1.57. The number of fused-ring (bicyclic) bond motifs is 3. The zero-order valence-electron chi connectivity index (χ0n) is 17.0. The molecule has 2 heterocycles. The molecule has 7 heteroatoms. The summed E-state index contributed by atoms with van der Waals surface area (Å²) in [6.45, 7) is 0.686. The Hall–Kier alpha value is -3.03. The number of carbonyl (C=O) groups excluding carboxylic acids is 2. The van der Waals surface area contributed by atoms with Crippen molar-refractivity contribution >= 4 is 38.2 Å². The Morgan fingerprint density at radius 3 is 2.60 bits per heavy atom. The van der Waals surface area contributed by atoms with Gasteiger partial charge in [-0.3, -0.25) is 14.0 Å². The zero-order chi connectivity index (χ0) is 21.1. The first-order chi connectivity index (χ1) is 14.6. The molecule has 0 unspecified atom stereocenters. The summed E-state index contributed by atoms with van der Waals surface area (Å²) in [5.74, 6) is 0.0540. The second-order valence-electron chi connectivity index (χ2n) is 7.09. The summed E-state index contributed by atoms with van der Waals surface area (Å²) >= 11 is 1.57. The van der Waals surface area contributed by atoms with E-state index < -0.39 is 0 Å². The van der Waals surface area contributed by atoms with Crippen LogP contribution in [0.25, 0.3) is 26.4 Å². The third-order valence-electron chi connectivity index (χ3n) is 5.09. The number of thiazole rings is 1. The average Bonchev–Trinajstić information content (AvgIpc) is 3.33. The maximum atomic E-state index is 12.5. The van der Waals surface area contributed by atoms with E-state index in [1.807, 2.05) is 36.5 Å². The standard InChI is InChI=1S/C23H23N3O3S/c1-24-22(28)16-8-6-15(7-9-16)18-14-26-19-11-10-17(13-21(19)30-23(26)25-18)20(27)5-3-4-12-29-2/h6-11,13-14H,3-5,12H2,1-2H3,(H,24,28). The van der Waals surface area contributed by atoms with Crippen molar-refractivity contribution < 1.29 is 14.3 Å². The molecule has 1 amide bonds. The highest BCUT2D eigenvalue weighted by atomic mass is 32.1. The van der Waals surface area contributed by atoms with Gasteiger partial charge in [0, 0.05) is 50.1 Å². The molecule has 1 N–H and O–H groups in total. The van der Waals surface area contributed by atoms with Crippen LogP contribution >= 0.6 is 11.3 Å². The van der Waals surface area contributed by atoms with Crippen molar-refractivity contribution in [1.29, 1.82) is 0 Å². The van der Waals surface area contributed by atoms with Gasteiger partial charge in [-0.25, -0.2) is 4.98 Å². The molecule has 2 aromatic heterocycles. The maximum Gasteiger partial charge on any atom is 0.251 e. The lowest BCUT2D eigenvalue weighted by atomic mass is 10.1. The summed E-state index contributed by atoms with van der Waals surface area (Å²) in [5, 5.41) is 2.62. The van der Waals surface area contributed by atoms with Gasteiger partial charge in [0.1, 0.15) is 0 Å². The monoisotopic (exact) mass is 421 g/mol. The molecular formula is C23H23N3O3S. The number of unbranched alkanes of at least 4 members (excludes halogenated alkanes) is 1. The Bertz CT molecular complexity index is 1210. The van der Waals surface area contributed by atoms with Crippen LogP contribution in [0.3, 0.4) is 0 Å². The Labute approximate surface area is 178 Å². The molecule has 4 rings (SSSR count). The molecule has 0 aliphatic heterocycles. The van der Waals surface area contributed by atoms with Gasteiger partial charge in [-0.1, -0.05) is 23.5 Å². The van der Waals surface area contributed by atoms with Crippen molar-refractivity contribution in [3.63, 3.8) is 0 Å². The number of Topliss-reactive ketones (excluding diaryl/α,β-unsaturated/α-hetero) is 1. The normalized spacial score (nSPS) is 11.3. The number of methoxy groups -OCH3 is 1. The van der Waals surface area contributed by atoms with E-state index in [1.54, 1.807) is 37.6 Å². The van der Waals surface area contributed by atoms with Crippen LogP contribution in [0.4, 0.5) is 0 Å². The number of ether oxygens (including phenoxy) is 1. The third-order valence-corrected chi connectivity index (χ3v) is 6.11. The van der Waals surface area contributed by atoms with Crippen LogP contribution in [0.15, 0.2) is 48.7 Å². The molecule has 0 saturated carbocycles. The fraction of sp³-hybridized carbons (Fsp3) is 0.261. The number of amides is 1. The van der Waals surface area contributed by atoms with Gasteiger partial charge in [-0.15, -0.1) is 0 Å². The van der Waals surface area contributed by atoms with Crippen LogP contribution in [0, 0.1) is 0 Å². The Morgan fingerprint density at radius 2 is 1.87 bits per heavy atom. The van der Waals surface area contributed by atoms with E-state index in [2.05, 4.69) is 9.72 Å². The summed E-state index contributed by atoms with van der Waals surface area (Å²) < 4.78 is 8.13. The van der Waals surface area contributed by atoms with Gasteiger partial charge in [0.05, 0.1) is 15.9 Å². The van der Waals surface area contributed by atoms with Crippen LogP contribution in [0.1, 0.15) is 40.0 Å². The van der Waals surface area contributed by atoms with E-state index >= 15 is 0 Å². The smallest absolute Gasteiger partial charge is 0.251 e. The number of hydrogen-bond acceptors (Lipinski definition) is 5. The van der Waals surface area contributed by atoms with Gasteiger partial charge >= 0.3 is 0 Å². The third kappa shape index (κ3) is 3.99. The Kier molecular flexibility index (Phi) is 5.92. The lowest BCUT2D eigenvalue weighted by molar-refractivity contribution is 0.0959. The summed E-state index contributed by atoms with van der Waals surface area (Å²) in [5.41, 5.74) is 4.20. The average molecular weight is 422 g/mol. The first-order valence-corrected chi connectivity index (χ1v) is 10.7. The topological polar surface area (TPSA) is 72.7 Å². The predicted molar refractivity (Wildman–Crippen MR) is 119 cm³/mol. The number of rotatable bonds is 8. The molecule has 4 aromatic rings. The molecule has 0 saturated heterocycles. The summed E-state index contributed by atoms with van der Waals surface area (Å²) in [7, 11) is 3.29. The number of ketones is 1. The highest BCUT2D eigenvalue weighted by Gasteiger charge is 2.13. The van der Waals surface area contributed by atoms with Gasteiger partial charge in [-0.2, -0.15) is 0 Å². The van der Waals surface area contributed by atoms with Gasteiger partial charge < -0.3 is 10.1 Å². The maximum absolute atomic E-state index is 12.5. The highest BCUT2D eigenvalue weighted by molar-refractivity contribution is 7.23. The van der Waals surface area contributed by atoms with E-state index in [-0.39, 0.29) is 11.7 Å². The van der Waals surface area contributed by atoms with Crippen molar-refractivity contribution in [3.8, 4) is 11.3 Å². The molecule has 0 atom stereocenters. The lowest BCUT2D eigenvalue weighted by Crippen LogP contribution is -2.17. The van der Waals surface area contributed by atoms with Gasteiger partial charge in [0.25, 0.3) is 5.91 Å². The van der Waals surface area contributed by atoms with Gasteiger partial charge in [-0.05, 0) is 43.2 Å². The minimum absolute atomic E-state index is 0.109. The fourth-order valence-electron chi connectivity index (χ4n) is 3.43. The highest BCUT2D eigenvalue weighted by Crippen LogP contribution is 2.30. The van der Waals surface area contributed by atoms with Gasteiger partial charge in [0.15, 0.2) is 10.7 Å². The van der Waals surface area contributed by atoms with Crippen LogP contribution < -0.4 is 5.32 Å². The first kappa shape index (κ1) is 20.3. The first-order valence-electron chi connectivity index (χ1n) is 9.87. The zero-order valence-corrected chi connectivity index (χ0v) is 17.8. The largest absolute Gasteiger partial charge is 0.385 e. The minimum Gasteiger partial charge on any atom is -0.385 e. The van der Waals surface area contributed by atoms with E-state index in [4.69, 9.17) is 9.72 Å². The molecular weight excluding hydrogens is 398 g/mol. The molecule has 6 nitrogen and oxygen atoms in total. The number of aromatic nitrogens is 2. The molecule has 154 valence electrons. The van der Waals surface area contributed by atoms with Crippen molar-refractivity contribution in [2.45, 2.75) is 19.3 Å². The molecule has 0 bridgehead atoms. The number of nitrogens with one attached hydrogen (secondary N) is 1. The van der Waals surface area contributed by atoms with E-state index in [9.17, 15) is 9.59 Å². The van der Waals surface area contributed by atoms with Gasteiger partial charge in [0.2, 0.25) is 0 Å². The van der Waals surface area contributed by atoms with Crippen LogP contribution in [-0.4, -0.2) is 41.8 Å². The van der Waals surface area contributed by atoms with E-state index in [1.165, 1.54) is 0 Å². The predicted octanol–water partition coefficient (Wildman–Crippen LogP) is 4.58. The molecule has 0 spiro atoms. The minimum atomic E-state index is -0.109. The SMILES string of the molecule is CNC(=O)c1ccc(-c2cn3c(n2)sc2cc(C(=O)CCCCOC)ccc23)cc1. The molecule has 0 fully saturated rings. The van der Waals surface area contributed by atoms with E-state index in [0.29, 0.717) is 18.6 Å². The van der Waals surface area contributed by atoms with Crippen LogP contribution in [0.2, 0.25) is 0 Å². The van der Waals surface area contributed by atoms with Crippen molar-refractivity contribution in [1.82, 2.24) is 14.7 Å². The number of nitrogens with zero attached hydrogens (tertiary/aromatic N) is 2. The fourth-order valence-corrected chi connectivity index (χ4v) is 4.47. The Morgan fingerprint density at radius 1 is 1.10 bits per heavy atom. The molecule has 0 radical (unpaired) electrons. The second-order valence-corrected chi connectivity index (χ2v) is 8.10. The molecule has 0 aliphatic rings. The second kappa shape index (κ2) is 8.77. The summed E-state index contributed by atoms with van der Waals surface area (Å²) in [6.07, 6.45) is 4.26. The molecule has 0 aliphatic carbocycles. The lowest BCUT2D eigenvalue weighted by Gasteiger charge is -2.02. The number of benzene rings is 2. The number of carbonyl (C=O) groups is 2. The van der Waals surface area contributed by atoms with E-state index in [0.717, 1.165) is 44.8 Å². The van der Waals surface area contributed by atoms with Crippen molar-refractivity contribution in [2.75, 3.05) is 20.8 Å². The molecule has 30 heavy (non-hydrogen) atoms. The van der Waals surface area contributed by atoms with Crippen molar-refractivity contribution in [3.05, 3.63) is 59.8 Å². The van der Waals surface area contributed by atoms with Crippen molar-refractivity contribution in [2.24, 2.45) is 0 Å². The molecule has 2 aromatic carbocycles. The quantitative estimate of drug-likeness (QED) is 0.334. The summed E-state index contributed by atoms with van der Waals surface area (Å²) in [6, 6.07) is 13.2.